The molecule has 0 saturated carbocycles. The van der Waals surface area contributed by atoms with Gasteiger partial charge in [-0.1, -0.05) is 35.4 Å². The quantitative estimate of drug-likeness (QED) is 0.723. The van der Waals surface area contributed by atoms with E-state index in [9.17, 15) is 0 Å². The molecule has 5 heteroatoms. The second kappa shape index (κ2) is 5.55. The predicted octanol–water partition coefficient (Wildman–Crippen LogP) is 3.67. The van der Waals surface area contributed by atoms with Crippen LogP contribution in [-0.2, 0) is 16.5 Å². The van der Waals surface area contributed by atoms with Crippen LogP contribution < -0.4 is 0 Å². The van der Waals surface area contributed by atoms with Crippen molar-refractivity contribution in [3.8, 4) is 0 Å². The van der Waals surface area contributed by atoms with Crippen LogP contribution in [0.4, 0.5) is 0 Å². The molecular formula is C10H7Cl2N2Ni-. The first-order chi connectivity index (χ1) is 6.79. The molecule has 1 aliphatic rings. The molecule has 0 amide bonds. The summed E-state index contributed by atoms with van der Waals surface area (Å²) in [7, 11) is 0. The average Bonchev–Trinajstić information content (AvgIpc) is 2.23. The van der Waals surface area contributed by atoms with Gasteiger partial charge in [-0.3, -0.25) is 4.98 Å². The number of aromatic nitrogens is 1. The van der Waals surface area contributed by atoms with Gasteiger partial charge in [0.15, 0.2) is 0 Å². The Balaban J connectivity index is 0.00000112. The van der Waals surface area contributed by atoms with Crippen molar-refractivity contribution in [1.82, 2.24) is 4.98 Å². The first kappa shape index (κ1) is 12.6. The molecule has 15 heavy (non-hydrogen) atoms. The number of rotatable bonds is 1. The summed E-state index contributed by atoms with van der Waals surface area (Å²) in [6, 6.07) is 1.66. The van der Waals surface area contributed by atoms with Crippen molar-refractivity contribution in [3.63, 3.8) is 0 Å². The number of hydrogen-bond acceptors (Lipinski definition) is 1. The SMILES string of the molecule is Clc1ccnc(C2=CC=CC[N-]2)c1Cl.[Ni]. The van der Waals surface area contributed by atoms with Crippen LogP contribution in [0.5, 0.6) is 0 Å². The first-order valence-corrected chi connectivity index (χ1v) is 4.89. The van der Waals surface area contributed by atoms with Crippen LogP contribution in [0.15, 0.2) is 30.5 Å². The third-order valence-electron chi connectivity index (χ3n) is 1.84. The summed E-state index contributed by atoms with van der Waals surface area (Å²) < 4.78 is 0. The molecule has 0 unspecified atom stereocenters. The van der Waals surface area contributed by atoms with E-state index in [1.165, 1.54) is 0 Å². The number of halogens is 2. The van der Waals surface area contributed by atoms with Crippen molar-refractivity contribution in [2.24, 2.45) is 0 Å². The Morgan fingerprint density at radius 3 is 2.80 bits per heavy atom. The molecule has 82 valence electrons. The summed E-state index contributed by atoms with van der Waals surface area (Å²) in [5.41, 5.74) is 1.42. The van der Waals surface area contributed by atoms with Gasteiger partial charge in [0.05, 0.1) is 15.7 Å². The van der Waals surface area contributed by atoms with Crippen molar-refractivity contribution in [3.05, 3.63) is 51.5 Å². The molecular weight excluding hydrogens is 278 g/mol. The van der Waals surface area contributed by atoms with Gasteiger partial charge in [0, 0.05) is 22.7 Å². The van der Waals surface area contributed by atoms with Gasteiger partial charge in [-0.25, -0.2) is 0 Å². The van der Waals surface area contributed by atoms with Crippen LogP contribution in [0, 0.1) is 0 Å². The Morgan fingerprint density at radius 1 is 1.33 bits per heavy atom. The minimum absolute atomic E-state index is 0. The Labute approximate surface area is 108 Å². The molecule has 0 spiro atoms. The van der Waals surface area contributed by atoms with Crippen LogP contribution in [0.25, 0.3) is 11.0 Å². The monoisotopic (exact) mass is 283 g/mol. The fourth-order valence-corrected chi connectivity index (χ4v) is 1.53. The number of nitrogens with zero attached hydrogens (tertiary/aromatic N) is 2. The Hall–Kier alpha value is -0.496. The van der Waals surface area contributed by atoms with E-state index >= 15 is 0 Å². The largest absolute Gasteiger partial charge is 0.679 e. The van der Waals surface area contributed by atoms with Crippen LogP contribution >= 0.6 is 23.2 Å². The molecule has 0 aromatic carbocycles. The summed E-state index contributed by atoms with van der Waals surface area (Å²) in [6.45, 7) is 0.663. The zero-order valence-corrected chi connectivity index (χ0v) is 10.1. The van der Waals surface area contributed by atoms with Gasteiger partial charge in [0.2, 0.25) is 0 Å². The van der Waals surface area contributed by atoms with Crippen LogP contribution in [0.1, 0.15) is 5.69 Å². The minimum Gasteiger partial charge on any atom is -0.679 e. The summed E-state index contributed by atoms with van der Waals surface area (Å²) in [6.07, 6.45) is 7.38. The van der Waals surface area contributed by atoms with Gasteiger partial charge in [-0.2, -0.15) is 0 Å². The second-order valence-electron chi connectivity index (χ2n) is 2.78. The average molecular weight is 285 g/mol. The van der Waals surface area contributed by atoms with Gasteiger partial charge < -0.3 is 5.32 Å². The zero-order chi connectivity index (χ0) is 9.97. The molecule has 1 aromatic rings. The zero-order valence-electron chi connectivity index (χ0n) is 7.56. The molecule has 0 fully saturated rings. The molecule has 0 saturated heterocycles. The Morgan fingerprint density at radius 2 is 2.13 bits per heavy atom. The maximum atomic E-state index is 6.01. The Kier molecular flexibility index (Phi) is 4.65. The molecule has 0 radical (unpaired) electrons. The molecule has 2 rings (SSSR count). The topological polar surface area (TPSA) is 27.0 Å². The molecule has 2 heterocycles. The van der Waals surface area contributed by atoms with Crippen LogP contribution in [0.3, 0.4) is 0 Å². The summed E-state index contributed by atoms with van der Waals surface area (Å²) >= 11 is 11.9. The standard InChI is InChI=1S/C10H7Cl2N2.Ni/c11-7-4-6-14-10(9(7)12)8-3-1-2-5-13-8;/h1-4,6H,5H2;/q-1;. The Bertz CT molecular complexity index is 416. The van der Waals surface area contributed by atoms with Crippen LogP contribution in [-0.4, -0.2) is 11.5 Å². The van der Waals surface area contributed by atoms with Crippen molar-refractivity contribution in [1.29, 1.82) is 0 Å². The minimum atomic E-state index is 0. The molecule has 2 nitrogen and oxygen atoms in total. The van der Waals surface area contributed by atoms with E-state index in [-0.39, 0.29) is 16.5 Å². The predicted molar refractivity (Wildman–Crippen MR) is 59.6 cm³/mol. The summed E-state index contributed by atoms with van der Waals surface area (Å²) in [5, 5.41) is 5.23. The van der Waals surface area contributed by atoms with E-state index in [0.29, 0.717) is 22.3 Å². The molecule has 0 aliphatic carbocycles. The number of pyridine rings is 1. The molecule has 1 aliphatic heterocycles. The van der Waals surface area contributed by atoms with E-state index in [1.807, 2.05) is 18.2 Å². The van der Waals surface area contributed by atoms with E-state index in [1.54, 1.807) is 12.3 Å². The van der Waals surface area contributed by atoms with Gasteiger partial charge >= 0.3 is 0 Å². The number of allylic oxidation sites excluding steroid dienone is 2. The van der Waals surface area contributed by atoms with Gasteiger partial charge in [-0.05, 0) is 6.07 Å². The maximum Gasteiger partial charge on any atom is 0.0836 e. The third kappa shape index (κ3) is 2.75. The third-order valence-corrected chi connectivity index (χ3v) is 2.64. The van der Waals surface area contributed by atoms with Gasteiger partial charge in [0.1, 0.15) is 0 Å². The summed E-state index contributed by atoms with van der Waals surface area (Å²) in [4.78, 5) is 4.15. The molecule has 0 atom stereocenters. The molecule has 1 aromatic heterocycles. The van der Waals surface area contributed by atoms with Gasteiger partial charge in [0.25, 0.3) is 0 Å². The van der Waals surface area contributed by atoms with Crippen molar-refractivity contribution in [2.45, 2.75) is 0 Å². The second-order valence-corrected chi connectivity index (χ2v) is 3.56. The smallest absolute Gasteiger partial charge is 0.0836 e. The van der Waals surface area contributed by atoms with Crippen LogP contribution in [0.2, 0.25) is 10.0 Å². The van der Waals surface area contributed by atoms with Crippen molar-refractivity contribution in [2.75, 3.05) is 6.54 Å². The van der Waals surface area contributed by atoms with E-state index in [0.717, 1.165) is 5.70 Å². The fourth-order valence-electron chi connectivity index (χ4n) is 1.18. The van der Waals surface area contributed by atoms with Gasteiger partial charge in [-0.15, -0.1) is 18.3 Å². The van der Waals surface area contributed by atoms with Crippen molar-refractivity contribution < 1.29 is 16.5 Å². The van der Waals surface area contributed by atoms with E-state index < -0.39 is 0 Å². The van der Waals surface area contributed by atoms with Crippen molar-refractivity contribution >= 4 is 28.9 Å². The number of hydrogen-bond donors (Lipinski definition) is 0. The first-order valence-electron chi connectivity index (χ1n) is 4.14. The molecule has 0 N–H and O–H groups in total. The van der Waals surface area contributed by atoms with E-state index in [4.69, 9.17) is 23.2 Å². The van der Waals surface area contributed by atoms with E-state index in [2.05, 4.69) is 10.3 Å². The molecule has 0 bridgehead atoms. The fraction of sp³-hybridized carbons (Fsp3) is 0.100. The normalized spacial score (nSPS) is 13.9. The maximum absolute atomic E-state index is 6.01. The summed E-state index contributed by atoms with van der Waals surface area (Å²) in [5.74, 6) is 0.